The molecule has 0 aliphatic rings. The fraction of sp³-hybridized carbons (Fsp3) is 0.667. The van der Waals surface area contributed by atoms with Crippen LogP contribution in [0, 0.1) is 5.92 Å². The Morgan fingerprint density at radius 2 is 1.86 bits per heavy atom. The molecule has 14 heavy (non-hydrogen) atoms. The summed E-state index contributed by atoms with van der Waals surface area (Å²) >= 11 is 0. The Labute approximate surface area is 82.1 Å². The number of esters is 1. The van der Waals surface area contributed by atoms with E-state index in [0.29, 0.717) is 0 Å². The van der Waals surface area contributed by atoms with E-state index in [9.17, 15) is 14.4 Å². The third-order valence-corrected chi connectivity index (χ3v) is 1.57. The van der Waals surface area contributed by atoms with Crippen LogP contribution in [0.3, 0.4) is 0 Å². The average Bonchev–Trinajstić information content (AvgIpc) is 2.01. The van der Waals surface area contributed by atoms with Crippen LogP contribution in [0.1, 0.15) is 26.7 Å². The van der Waals surface area contributed by atoms with E-state index in [1.165, 1.54) is 6.92 Å². The van der Waals surface area contributed by atoms with Crippen molar-refractivity contribution in [3.63, 3.8) is 0 Å². The smallest absolute Gasteiger partial charge is 0.309 e. The van der Waals surface area contributed by atoms with E-state index in [-0.39, 0.29) is 25.2 Å². The third kappa shape index (κ3) is 5.29. The second-order valence-corrected chi connectivity index (χ2v) is 2.95. The standard InChI is InChI=1S/C9H14O5/c1-3-14-9(13)7(4-6(2)10)5-8(11)12/h7H,3-5H2,1-2H3,(H,11,12). The highest BCUT2D eigenvalue weighted by Gasteiger charge is 2.24. The Bertz CT molecular complexity index is 217. The predicted octanol–water partition coefficient (Wildman–Crippen LogP) is 0.620. The summed E-state index contributed by atoms with van der Waals surface area (Å²) in [5.41, 5.74) is 0. The van der Waals surface area contributed by atoms with Crippen LogP contribution in [0.25, 0.3) is 0 Å². The van der Waals surface area contributed by atoms with Gasteiger partial charge in [-0.05, 0) is 13.8 Å². The van der Waals surface area contributed by atoms with Crippen LogP contribution >= 0.6 is 0 Å². The molecule has 1 atom stereocenters. The lowest BCUT2D eigenvalue weighted by Crippen LogP contribution is -2.23. The van der Waals surface area contributed by atoms with Crippen LogP contribution in [0.4, 0.5) is 0 Å². The van der Waals surface area contributed by atoms with Crippen molar-refractivity contribution in [1.82, 2.24) is 0 Å². The van der Waals surface area contributed by atoms with Crippen LogP contribution in [-0.2, 0) is 19.1 Å². The molecule has 0 amide bonds. The van der Waals surface area contributed by atoms with Gasteiger partial charge in [-0.15, -0.1) is 0 Å². The van der Waals surface area contributed by atoms with Crippen molar-refractivity contribution in [1.29, 1.82) is 0 Å². The molecule has 0 fully saturated rings. The first-order valence-electron chi connectivity index (χ1n) is 4.35. The molecule has 5 heteroatoms. The molecule has 1 unspecified atom stereocenters. The SMILES string of the molecule is CCOC(=O)C(CC(C)=O)CC(=O)O. The largest absolute Gasteiger partial charge is 0.481 e. The van der Waals surface area contributed by atoms with Crippen LogP contribution in [0.5, 0.6) is 0 Å². The summed E-state index contributed by atoms with van der Waals surface area (Å²) in [6, 6.07) is 0. The van der Waals surface area contributed by atoms with Crippen LogP contribution in [0.15, 0.2) is 0 Å². The molecule has 0 aromatic heterocycles. The molecule has 0 saturated heterocycles. The first kappa shape index (κ1) is 12.6. The number of aliphatic carboxylic acids is 1. The molecule has 0 radical (unpaired) electrons. The number of carboxylic acids is 1. The molecule has 80 valence electrons. The Hall–Kier alpha value is -1.39. The van der Waals surface area contributed by atoms with Crippen LogP contribution in [0.2, 0.25) is 0 Å². The number of rotatable bonds is 6. The number of carbonyl (C=O) groups excluding carboxylic acids is 2. The van der Waals surface area contributed by atoms with Crippen molar-refractivity contribution < 1.29 is 24.2 Å². The monoisotopic (exact) mass is 202 g/mol. The minimum Gasteiger partial charge on any atom is -0.481 e. The zero-order chi connectivity index (χ0) is 11.1. The molecule has 0 bridgehead atoms. The van der Waals surface area contributed by atoms with E-state index in [0.717, 1.165) is 0 Å². The lowest BCUT2D eigenvalue weighted by Gasteiger charge is -2.11. The molecular weight excluding hydrogens is 188 g/mol. The van der Waals surface area contributed by atoms with Gasteiger partial charge in [0.05, 0.1) is 18.9 Å². The van der Waals surface area contributed by atoms with Gasteiger partial charge in [0.25, 0.3) is 0 Å². The highest BCUT2D eigenvalue weighted by Crippen LogP contribution is 2.11. The Kier molecular flexibility index (Phi) is 5.52. The Morgan fingerprint density at radius 1 is 1.29 bits per heavy atom. The highest BCUT2D eigenvalue weighted by atomic mass is 16.5. The van der Waals surface area contributed by atoms with Gasteiger partial charge >= 0.3 is 11.9 Å². The van der Waals surface area contributed by atoms with E-state index < -0.39 is 17.9 Å². The maximum absolute atomic E-state index is 11.2. The van der Waals surface area contributed by atoms with Gasteiger partial charge in [0.2, 0.25) is 0 Å². The Morgan fingerprint density at radius 3 is 2.21 bits per heavy atom. The quantitative estimate of drug-likeness (QED) is 0.638. The van der Waals surface area contributed by atoms with E-state index >= 15 is 0 Å². The summed E-state index contributed by atoms with van der Waals surface area (Å²) < 4.78 is 4.65. The average molecular weight is 202 g/mol. The fourth-order valence-electron chi connectivity index (χ4n) is 1.06. The highest BCUT2D eigenvalue weighted by molar-refractivity contribution is 5.85. The van der Waals surface area contributed by atoms with Crippen LogP contribution < -0.4 is 0 Å². The summed E-state index contributed by atoms with van der Waals surface area (Å²) in [6.45, 7) is 3.13. The first-order valence-corrected chi connectivity index (χ1v) is 4.35. The Balaban J connectivity index is 4.29. The van der Waals surface area contributed by atoms with Gasteiger partial charge in [-0.3, -0.25) is 9.59 Å². The summed E-state index contributed by atoms with van der Waals surface area (Å²) in [4.78, 5) is 32.3. The molecule has 0 aromatic rings. The van der Waals surface area contributed by atoms with Crippen LogP contribution in [-0.4, -0.2) is 29.4 Å². The number of ether oxygens (including phenoxy) is 1. The summed E-state index contributed by atoms with van der Waals surface area (Å²) in [6.07, 6.45) is -0.441. The van der Waals surface area contributed by atoms with E-state index in [2.05, 4.69) is 4.74 Å². The molecule has 0 aromatic carbocycles. The maximum Gasteiger partial charge on any atom is 0.309 e. The number of hydrogen-bond acceptors (Lipinski definition) is 4. The van der Waals surface area contributed by atoms with Gasteiger partial charge in [0.1, 0.15) is 5.78 Å². The molecule has 0 saturated carbocycles. The molecule has 0 rings (SSSR count). The molecule has 0 heterocycles. The third-order valence-electron chi connectivity index (χ3n) is 1.57. The van der Waals surface area contributed by atoms with Crippen molar-refractivity contribution in [3.8, 4) is 0 Å². The van der Waals surface area contributed by atoms with Crippen molar-refractivity contribution in [2.45, 2.75) is 26.7 Å². The van der Waals surface area contributed by atoms with Gasteiger partial charge in [0, 0.05) is 6.42 Å². The zero-order valence-electron chi connectivity index (χ0n) is 8.28. The van der Waals surface area contributed by atoms with E-state index in [4.69, 9.17) is 5.11 Å². The predicted molar refractivity (Wildman–Crippen MR) is 47.7 cm³/mol. The normalized spacial score (nSPS) is 11.9. The zero-order valence-corrected chi connectivity index (χ0v) is 8.28. The lowest BCUT2D eigenvalue weighted by atomic mass is 9.99. The topological polar surface area (TPSA) is 80.7 Å². The minimum atomic E-state index is -1.11. The molecule has 5 nitrogen and oxygen atoms in total. The fourth-order valence-corrected chi connectivity index (χ4v) is 1.06. The van der Waals surface area contributed by atoms with E-state index in [1.54, 1.807) is 6.92 Å². The number of Topliss-reactive ketones (excluding diaryl/α,β-unsaturated/α-hetero) is 1. The molecule has 1 N–H and O–H groups in total. The van der Waals surface area contributed by atoms with Crippen molar-refractivity contribution in [3.05, 3.63) is 0 Å². The first-order chi connectivity index (χ1) is 6.47. The minimum absolute atomic E-state index is 0.0782. The van der Waals surface area contributed by atoms with Gasteiger partial charge < -0.3 is 14.6 Å². The van der Waals surface area contributed by atoms with Crippen molar-refractivity contribution in [2.75, 3.05) is 6.61 Å². The number of ketones is 1. The lowest BCUT2D eigenvalue weighted by molar-refractivity contribution is -0.153. The van der Waals surface area contributed by atoms with Crippen molar-refractivity contribution in [2.24, 2.45) is 5.92 Å². The molecule has 0 aliphatic heterocycles. The molecular formula is C9H14O5. The van der Waals surface area contributed by atoms with E-state index in [1.807, 2.05) is 0 Å². The molecule has 0 aliphatic carbocycles. The summed E-state index contributed by atoms with van der Waals surface area (Å²) in [5, 5.41) is 8.49. The summed E-state index contributed by atoms with van der Waals surface area (Å²) in [5.74, 6) is -2.80. The molecule has 0 spiro atoms. The van der Waals surface area contributed by atoms with Gasteiger partial charge in [-0.2, -0.15) is 0 Å². The number of hydrogen-bond donors (Lipinski definition) is 1. The summed E-state index contributed by atoms with van der Waals surface area (Å²) in [7, 11) is 0. The van der Waals surface area contributed by atoms with Gasteiger partial charge in [-0.1, -0.05) is 0 Å². The van der Waals surface area contributed by atoms with Crippen molar-refractivity contribution >= 4 is 17.7 Å². The maximum atomic E-state index is 11.2. The number of carboxylic acid groups (broad SMARTS) is 1. The number of carbonyl (C=O) groups is 3. The second-order valence-electron chi connectivity index (χ2n) is 2.95. The van der Waals surface area contributed by atoms with Gasteiger partial charge in [0.15, 0.2) is 0 Å². The second kappa shape index (κ2) is 6.12. The van der Waals surface area contributed by atoms with Gasteiger partial charge in [-0.25, -0.2) is 0 Å².